The predicted octanol–water partition coefficient (Wildman–Crippen LogP) is 1.31. The number of amides is 2. The lowest BCUT2D eigenvalue weighted by Crippen LogP contribution is -2.54. The van der Waals surface area contributed by atoms with Crippen molar-refractivity contribution >= 4 is 6.03 Å². The first kappa shape index (κ1) is 17.0. The second kappa shape index (κ2) is 8.35. The molecular weight excluding hydrogens is 306 g/mol. The topological polar surface area (TPSA) is 45.2 Å². The molecule has 0 spiro atoms. The van der Waals surface area contributed by atoms with Gasteiger partial charge in [-0.25, -0.2) is 4.79 Å². The molecule has 0 saturated carbocycles. The lowest BCUT2D eigenvalue weighted by molar-refractivity contribution is 0.0378. The average molecular weight is 333 g/mol. The van der Waals surface area contributed by atoms with Crippen LogP contribution in [0.4, 0.5) is 4.79 Å². The Morgan fingerprint density at radius 3 is 2.50 bits per heavy atom. The normalized spacial score (nSPS) is 19.4. The Balaban J connectivity index is 1.42. The largest absolute Gasteiger partial charge is 0.497 e. The van der Waals surface area contributed by atoms with Gasteiger partial charge in [-0.1, -0.05) is 12.1 Å². The summed E-state index contributed by atoms with van der Waals surface area (Å²) in [7, 11) is 1.70. The molecule has 2 aliphatic heterocycles. The molecule has 6 nitrogen and oxygen atoms in total. The second-order valence-corrected chi connectivity index (χ2v) is 6.31. The van der Waals surface area contributed by atoms with Crippen molar-refractivity contribution in [2.75, 3.05) is 66.1 Å². The summed E-state index contributed by atoms with van der Waals surface area (Å²) < 4.78 is 10.6. The van der Waals surface area contributed by atoms with Crippen molar-refractivity contribution in [3.05, 3.63) is 29.8 Å². The lowest BCUT2D eigenvalue weighted by Gasteiger charge is -2.38. The minimum absolute atomic E-state index is 0.172. The van der Waals surface area contributed by atoms with E-state index in [1.54, 1.807) is 7.11 Å². The van der Waals surface area contributed by atoms with Crippen LogP contribution in [-0.2, 0) is 11.2 Å². The SMILES string of the molecule is COc1cccc(CCN2CCN(C(=O)N3CCOCC3)CC2)c1. The highest BCUT2D eigenvalue weighted by Crippen LogP contribution is 2.14. The summed E-state index contributed by atoms with van der Waals surface area (Å²) in [6, 6.07) is 8.41. The van der Waals surface area contributed by atoms with Gasteiger partial charge in [-0.05, 0) is 24.1 Å². The molecular formula is C18H27N3O3. The Bertz CT molecular complexity index is 538. The van der Waals surface area contributed by atoms with Crippen LogP contribution in [0.2, 0.25) is 0 Å². The number of hydrogen-bond donors (Lipinski definition) is 0. The number of carbonyl (C=O) groups is 1. The third-order valence-corrected chi connectivity index (χ3v) is 4.78. The molecule has 2 aliphatic rings. The van der Waals surface area contributed by atoms with E-state index in [-0.39, 0.29) is 6.03 Å². The van der Waals surface area contributed by atoms with Crippen LogP contribution in [0.5, 0.6) is 5.75 Å². The van der Waals surface area contributed by atoms with Crippen LogP contribution in [0.3, 0.4) is 0 Å². The summed E-state index contributed by atoms with van der Waals surface area (Å²) in [5.74, 6) is 0.911. The van der Waals surface area contributed by atoms with Gasteiger partial charge in [0.05, 0.1) is 20.3 Å². The van der Waals surface area contributed by atoms with Gasteiger partial charge >= 0.3 is 6.03 Å². The smallest absolute Gasteiger partial charge is 0.320 e. The molecule has 0 unspecified atom stereocenters. The highest BCUT2D eigenvalue weighted by Gasteiger charge is 2.26. The van der Waals surface area contributed by atoms with Crippen LogP contribution >= 0.6 is 0 Å². The van der Waals surface area contributed by atoms with Crippen LogP contribution in [0, 0.1) is 0 Å². The zero-order valence-electron chi connectivity index (χ0n) is 14.4. The molecule has 0 bridgehead atoms. The Morgan fingerprint density at radius 2 is 1.79 bits per heavy atom. The third-order valence-electron chi connectivity index (χ3n) is 4.78. The number of hydrogen-bond acceptors (Lipinski definition) is 4. The van der Waals surface area contributed by atoms with Crippen molar-refractivity contribution < 1.29 is 14.3 Å². The molecule has 2 saturated heterocycles. The molecule has 0 atom stereocenters. The number of rotatable bonds is 4. The van der Waals surface area contributed by atoms with E-state index in [1.165, 1.54) is 5.56 Å². The average Bonchev–Trinajstić information content (AvgIpc) is 2.67. The highest BCUT2D eigenvalue weighted by molar-refractivity contribution is 5.74. The van der Waals surface area contributed by atoms with Crippen LogP contribution in [0.15, 0.2) is 24.3 Å². The number of morpholine rings is 1. The molecule has 6 heteroatoms. The minimum Gasteiger partial charge on any atom is -0.497 e. The quantitative estimate of drug-likeness (QED) is 0.833. The third kappa shape index (κ3) is 4.39. The Hall–Kier alpha value is -1.79. The number of ether oxygens (including phenoxy) is 2. The Labute approximate surface area is 143 Å². The summed E-state index contributed by atoms with van der Waals surface area (Å²) in [5.41, 5.74) is 1.29. The number of methoxy groups -OCH3 is 1. The predicted molar refractivity (Wildman–Crippen MR) is 92.5 cm³/mol. The van der Waals surface area contributed by atoms with Gasteiger partial charge in [-0.15, -0.1) is 0 Å². The van der Waals surface area contributed by atoms with E-state index >= 15 is 0 Å². The fourth-order valence-corrected chi connectivity index (χ4v) is 3.23. The molecule has 24 heavy (non-hydrogen) atoms. The van der Waals surface area contributed by atoms with Crippen molar-refractivity contribution in [3.8, 4) is 5.75 Å². The highest BCUT2D eigenvalue weighted by atomic mass is 16.5. The first-order valence-corrected chi connectivity index (χ1v) is 8.73. The molecule has 3 rings (SSSR count). The van der Waals surface area contributed by atoms with E-state index in [0.717, 1.165) is 58.0 Å². The maximum atomic E-state index is 12.5. The number of benzene rings is 1. The Morgan fingerprint density at radius 1 is 1.08 bits per heavy atom. The van der Waals surface area contributed by atoms with E-state index in [1.807, 2.05) is 21.9 Å². The van der Waals surface area contributed by atoms with E-state index < -0.39 is 0 Å². The van der Waals surface area contributed by atoms with Gasteiger partial charge in [0.25, 0.3) is 0 Å². The van der Waals surface area contributed by atoms with Gasteiger partial charge in [0.2, 0.25) is 0 Å². The lowest BCUT2D eigenvalue weighted by atomic mass is 10.1. The molecule has 0 N–H and O–H groups in total. The van der Waals surface area contributed by atoms with Gasteiger partial charge < -0.3 is 19.3 Å². The number of carbonyl (C=O) groups excluding carboxylic acids is 1. The molecule has 2 fully saturated rings. The summed E-state index contributed by atoms with van der Waals surface area (Å²) >= 11 is 0. The molecule has 2 amide bonds. The van der Waals surface area contributed by atoms with Crippen molar-refractivity contribution in [1.29, 1.82) is 0 Å². The first-order chi connectivity index (χ1) is 11.8. The molecule has 0 radical (unpaired) electrons. The Kier molecular flexibility index (Phi) is 5.93. The van der Waals surface area contributed by atoms with Gasteiger partial charge in [0.15, 0.2) is 0 Å². The standard InChI is InChI=1S/C18H27N3O3/c1-23-17-4-2-3-16(15-17)5-6-19-7-9-20(10-8-19)18(22)21-11-13-24-14-12-21/h2-4,15H,5-14H2,1H3. The molecule has 132 valence electrons. The van der Waals surface area contributed by atoms with E-state index in [0.29, 0.717) is 13.2 Å². The van der Waals surface area contributed by atoms with E-state index in [2.05, 4.69) is 17.0 Å². The first-order valence-electron chi connectivity index (χ1n) is 8.73. The molecule has 2 heterocycles. The number of nitrogens with zero attached hydrogens (tertiary/aromatic N) is 3. The molecule has 1 aromatic rings. The zero-order chi connectivity index (χ0) is 16.8. The molecule has 0 aromatic heterocycles. The summed E-state index contributed by atoms with van der Waals surface area (Å²) in [5, 5.41) is 0. The number of urea groups is 1. The minimum atomic E-state index is 0.172. The van der Waals surface area contributed by atoms with Crippen LogP contribution in [0.25, 0.3) is 0 Å². The maximum absolute atomic E-state index is 12.5. The van der Waals surface area contributed by atoms with Gasteiger partial charge in [0, 0.05) is 45.8 Å². The summed E-state index contributed by atoms with van der Waals surface area (Å²) in [4.78, 5) is 18.8. The number of piperazine rings is 1. The fraction of sp³-hybridized carbons (Fsp3) is 0.611. The second-order valence-electron chi connectivity index (χ2n) is 6.31. The van der Waals surface area contributed by atoms with Crippen molar-refractivity contribution in [1.82, 2.24) is 14.7 Å². The maximum Gasteiger partial charge on any atom is 0.320 e. The van der Waals surface area contributed by atoms with E-state index in [4.69, 9.17) is 9.47 Å². The summed E-state index contributed by atoms with van der Waals surface area (Å²) in [6.07, 6.45) is 1.01. The monoisotopic (exact) mass is 333 g/mol. The molecule has 0 aliphatic carbocycles. The van der Waals surface area contributed by atoms with Crippen LogP contribution in [0.1, 0.15) is 5.56 Å². The van der Waals surface area contributed by atoms with Crippen LogP contribution < -0.4 is 4.74 Å². The van der Waals surface area contributed by atoms with Gasteiger partial charge in [-0.3, -0.25) is 4.90 Å². The van der Waals surface area contributed by atoms with Gasteiger partial charge in [0.1, 0.15) is 5.75 Å². The summed E-state index contributed by atoms with van der Waals surface area (Å²) in [6.45, 7) is 7.29. The fourth-order valence-electron chi connectivity index (χ4n) is 3.23. The zero-order valence-corrected chi connectivity index (χ0v) is 14.4. The van der Waals surface area contributed by atoms with Crippen molar-refractivity contribution in [2.24, 2.45) is 0 Å². The van der Waals surface area contributed by atoms with Crippen molar-refractivity contribution in [2.45, 2.75) is 6.42 Å². The van der Waals surface area contributed by atoms with Crippen molar-refractivity contribution in [3.63, 3.8) is 0 Å². The molecule has 1 aromatic carbocycles. The van der Waals surface area contributed by atoms with Crippen LogP contribution in [-0.4, -0.2) is 86.9 Å². The van der Waals surface area contributed by atoms with Gasteiger partial charge in [-0.2, -0.15) is 0 Å². The van der Waals surface area contributed by atoms with E-state index in [9.17, 15) is 4.79 Å².